The zero-order valence-corrected chi connectivity index (χ0v) is 21.9. The maximum Gasteiger partial charge on any atom is 0.407 e. The molecule has 0 saturated heterocycles. The first-order chi connectivity index (χ1) is 17.8. The van der Waals surface area contributed by atoms with Gasteiger partial charge in [0, 0.05) is 31.2 Å². The molecule has 0 aromatic heterocycles. The predicted molar refractivity (Wildman–Crippen MR) is 136 cm³/mol. The van der Waals surface area contributed by atoms with Crippen LogP contribution in [0.1, 0.15) is 71.1 Å². The van der Waals surface area contributed by atoms with E-state index in [9.17, 15) is 24.3 Å². The zero-order chi connectivity index (χ0) is 27.3. The minimum absolute atomic E-state index is 0.0254. The van der Waals surface area contributed by atoms with Gasteiger partial charge in [-0.1, -0.05) is 38.7 Å². The Morgan fingerprint density at radius 2 is 1.43 bits per heavy atom. The maximum absolute atomic E-state index is 11.9. The van der Waals surface area contributed by atoms with Crippen LogP contribution in [0.5, 0.6) is 0 Å². The van der Waals surface area contributed by atoms with Crippen LogP contribution < -0.4 is 10.6 Å². The minimum atomic E-state index is -0.995. The summed E-state index contributed by atoms with van der Waals surface area (Å²) < 4.78 is 20.7. The van der Waals surface area contributed by atoms with Gasteiger partial charge in [0.05, 0.1) is 19.3 Å². The average molecular weight is 527 g/mol. The smallest absolute Gasteiger partial charge is 0.407 e. The fourth-order valence-electron chi connectivity index (χ4n) is 3.66. The molecule has 0 aromatic carbocycles. The predicted octanol–water partition coefficient (Wildman–Crippen LogP) is 3.87. The molecule has 0 aliphatic heterocycles. The molecule has 1 aliphatic carbocycles. The normalized spacial score (nSPS) is 14.2. The number of hydrogen-bond acceptors (Lipinski definition) is 8. The highest BCUT2D eigenvalue weighted by Gasteiger charge is 2.17. The molecule has 1 fully saturated rings. The second-order valence-electron chi connectivity index (χ2n) is 8.77. The number of amides is 2. The molecule has 0 unspecified atom stereocenters. The van der Waals surface area contributed by atoms with Crippen molar-refractivity contribution in [3.8, 4) is 0 Å². The number of ether oxygens (including phenoxy) is 4. The Hall–Kier alpha value is -3.08. The lowest BCUT2D eigenvalue weighted by Gasteiger charge is -2.23. The van der Waals surface area contributed by atoms with Crippen LogP contribution in [0.25, 0.3) is 0 Å². The molecular weight excluding hydrogens is 484 g/mol. The van der Waals surface area contributed by atoms with Crippen LogP contribution in [0, 0.1) is 0 Å². The Labute approximate surface area is 218 Å². The van der Waals surface area contributed by atoms with Crippen molar-refractivity contribution in [1.82, 2.24) is 10.6 Å². The molecular formula is C26H42N2O9. The molecule has 11 nitrogen and oxygen atoms in total. The van der Waals surface area contributed by atoms with E-state index in [-0.39, 0.29) is 38.1 Å². The summed E-state index contributed by atoms with van der Waals surface area (Å²) >= 11 is 0. The van der Waals surface area contributed by atoms with Crippen molar-refractivity contribution in [2.45, 2.75) is 77.2 Å². The monoisotopic (exact) mass is 526 g/mol. The third-order valence-electron chi connectivity index (χ3n) is 5.90. The van der Waals surface area contributed by atoms with Gasteiger partial charge in [0.15, 0.2) is 0 Å². The highest BCUT2D eigenvalue weighted by Crippen LogP contribution is 2.22. The Morgan fingerprint density at radius 1 is 0.865 bits per heavy atom. The highest BCUT2D eigenvalue weighted by atomic mass is 16.6. The lowest BCUT2D eigenvalue weighted by atomic mass is 9.97. The number of alkyl carbamates (subject to hydrolysis) is 2. The Balaban J connectivity index is 2.07. The van der Waals surface area contributed by atoms with Gasteiger partial charge in [-0.05, 0) is 38.2 Å². The average Bonchev–Trinajstić information content (AvgIpc) is 2.89. The van der Waals surface area contributed by atoms with Gasteiger partial charge in [0.1, 0.15) is 13.2 Å². The van der Waals surface area contributed by atoms with Crippen molar-refractivity contribution >= 4 is 24.1 Å². The molecule has 37 heavy (non-hydrogen) atoms. The molecule has 1 saturated carbocycles. The van der Waals surface area contributed by atoms with Crippen LogP contribution in [-0.4, -0.2) is 74.9 Å². The lowest BCUT2D eigenvalue weighted by Crippen LogP contribution is -2.27. The molecule has 210 valence electrons. The topological polar surface area (TPSA) is 149 Å². The molecule has 1 rings (SSSR count). The molecule has 2 amide bonds. The summed E-state index contributed by atoms with van der Waals surface area (Å²) in [4.78, 5) is 45.6. The number of carbonyl (C=O) groups excluding carboxylic acids is 3. The summed E-state index contributed by atoms with van der Waals surface area (Å²) in [6.07, 6.45) is 9.11. The standard InChI is InChI=1S/C26H42N2O9/c1-3-23(29)34-17-18-36-26(33)28-15-10-5-4-9-14-27-25(32)35-16-13-21(20(2)24(30)31)19-37-22-11-7-6-8-12-22/h3,22H,1,4-19H2,2H3,(H,27,32)(H,28,33)(H,30,31)/b21-20+. The number of carboxylic acids is 1. The van der Waals surface area contributed by atoms with Crippen molar-refractivity contribution in [3.63, 3.8) is 0 Å². The molecule has 0 atom stereocenters. The van der Waals surface area contributed by atoms with Gasteiger partial charge >= 0.3 is 24.1 Å². The fourth-order valence-corrected chi connectivity index (χ4v) is 3.66. The van der Waals surface area contributed by atoms with E-state index < -0.39 is 24.1 Å². The van der Waals surface area contributed by atoms with Gasteiger partial charge in [0.25, 0.3) is 0 Å². The van der Waals surface area contributed by atoms with E-state index in [0.29, 0.717) is 25.1 Å². The molecule has 0 heterocycles. The van der Waals surface area contributed by atoms with Crippen LogP contribution in [-0.2, 0) is 28.5 Å². The zero-order valence-electron chi connectivity index (χ0n) is 21.9. The largest absolute Gasteiger partial charge is 0.478 e. The van der Waals surface area contributed by atoms with E-state index >= 15 is 0 Å². The fraction of sp³-hybridized carbons (Fsp3) is 0.692. The van der Waals surface area contributed by atoms with Crippen LogP contribution in [0.2, 0.25) is 0 Å². The van der Waals surface area contributed by atoms with Gasteiger partial charge < -0.3 is 34.7 Å². The Kier molecular flexibility index (Phi) is 17.3. The Morgan fingerprint density at radius 3 is 2.00 bits per heavy atom. The summed E-state index contributed by atoms with van der Waals surface area (Å²) in [7, 11) is 0. The number of hydrogen-bond donors (Lipinski definition) is 3. The number of aliphatic carboxylic acids is 1. The number of esters is 1. The molecule has 0 radical (unpaired) electrons. The van der Waals surface area contributed by atoms with Gasteiger partial charge in [-0.15, -0.1) is 0 Å². The van der Waals surface area contributed by atoms with E-state index in [1.807, 2.05) is 0 Å². The van der Waals surface area contributed by atoms with E-state index in [2.05, 4.69) is 17.2 Å². The Bertz CT molecular complexity index is 761. The summed E-state index contributed by atoms with van der Waals surface area (Å²) in [5.41, 5.74) is 0.871. The number of carboxylic acid groups (broad SMARTS) is 1. The van der Waals surface area contributed by atoms with Crippen molar-refractivity contribution in [3.05, 3.63) is 23.8 Å². The number of rotatable bonds is 18. The van der Waals surface area contributed by atoms with Crippen molar-refractivity contribution in [1.29, 1.82) is 0 Å². The first kappa shape index (κ1) is 31.9. The van der Waals surface area contributed by atoms with Gasteiger partial charge in [0.2, 0.25) is 0 Å². The first-order valence-electron chi connectivity index (χ1n) is 13.0. The van der Waals surface area contributed by atoms with Gasteiger partial charge in [-0.3, -0.25) is 0 Å². The number of carbonyl (C=O) groups is 4. The quantitative estimate of drug-likeness (QED) is 0.105. The van der Waals surface area contributed by atoms with Crippen molar-refractivity contribution < 1.29 is 43.2 Å². The van der Waals surface area contributed by atoms with Gasteiger partial charge in [-0.25, -0.2) is 19.2 Å². The summed E-state index contributed by atoms with van der Waals surface area (Å²) in [6, 6.07) is 0. The third-order valence-corrected chi connectivity index (χ3v) is 5.90. The highest BCUT2D eigenvalue weighted by molar-refractivity contribution is 5.86. The molecule has 11 heteroatoms. The number of unbranched alkanes of at least 4 members (excludes halogenated alkanes) is 3. The SMILES string of the molecule is C=CC(=O)OCCOC(=O)NCCCCCCNC(=O)OCC/C(COC1CCCCC1)=C(/C)C(=O)O. The molecule has 0 spiro atoms. The lowest BCUT2D eigenvalue weighted by molar-refractivity contribution is -0.138. The third kappa shape index (κ3) is 16.3. The minimum Gasteiger partial charge on any atom is -0.478 e. The van der Waals surface area contributed by atoms with Crippen molar-refractivity contribution in [2.75, 3.05) is 39.5 Å². The molecule has 0 bridgehead atoms. The van der Waals surface area contributed by atoms with Crippen molar-refractivity contribution in [2.24, 2.45) is 0 Å². The van der Waals surface area contributed by atoms with Crippen LogP contribution in [0.4, 0.5) is 9.59 Å². The van der Waals surface area contributed by atoms with E-state index in [1.165, 1.54) is 6.42 Å². The first-order valence-corrected chi connectivity index (χ1v) is 13.0. The second kappa shape index (κ2) is 20.0. The number of nitrogens with one attached hydrogen (secondary N) is 2. The maximum atomic E-state index is 11.9. The summed E-state index contributed by atoms with van der Waals surface area (Å²) in [6.45, 7) is 5.99. The second-order valence-corrected chi connectivity index (χ2v) is 8.77. The van der Waals surface area contributed by atoms with E-state index in [4.69, 9.17) is 18.9 Å². The van der Waals surface area contributed by atoms with Crippen LogP contribution >= 0.6 is 0 Å². The summed E-state index contributed by atoms with van der Waals surface area (Å²) in [5.74, 6) is -1.57. The molecule has 3 N–H and O–H groups in total. The molecule has 0 aromatic rings. The van der Waals surface area contributed by atoms with Crippen LogP contribution in [0.15, 0.2) is 23.8 Å². The molecule has 1 aliphatic rings. The van der Waals surface area contributed by atoms with Gasteiger partial charge in [-0.2, -0.15) is 0 Å². The van der Waals surface area contributed by atoms with E-state index in [1.54, 1.807) is 6.92 Å². The van der Waals surface area contributed by atoms with E-state index in [0.717, 1.165) is 57.4 Å². The summed E-state index contributed by atoms with van der Waals surface area (Å²) in [5, 5.41) is 14.6. The van der Waals surface area contributed by atoms with Crippen LogP contribution in [0.3, 0.4) is 0 Å².